The van der Waals surface area contributed by atoms with Crippen molar-refractivity contribution < 1.29 is 18.0 Å². The molecule has 2 aromatic carbocycles. The summed E-state index contributed by atoms with van der Waals surface area (Å²) in [5.74, 6) is -0.951. The Balaban J connectivity index is 1.60. The fourth-order valence-electron chi connectivity index (χ4n) is 2.32. The van der Waals surface area contributed by atoms with E-state index >= 15 is 0 Å². The van der Waals surface area contributed by atoms with Crippen LogP contribution in [0.2, 0.25) is 0 Å². The third-order valence-corrected chi connectivity index (χ3v) is 4.40. The monoisotopic (exact) mass is 462 g/mol. The maximum absolute atomic E-state index is 13.8. The molecule has 28 heavy (non-hydrogen) atoms. The van der Waals surface area contributed by atoms with Gasteiger partial charge in [-0.15, -0.1) is 0 Å². The molecule has 0 aliphatic carbocycles. The number of nitrogens with one attached hydrogen (secondary N) is 2. The van der Waals surface area contributed by atoms with Gasteiger partial charge in [-0.2, -0.15) is 0 Å². The van der Waals surface area contributed by atoms with Gasteiger partial charge in [-0.25, -0.2) is 8.78 Å². The van der Waals surface area contributed by atoms with Crippen LogP contribution < -0.4 is 10.6 Å². The number of thiocarbonyl (C=S) groups is 1. The van der Waals surface area contributed by atoms with Crippen LogP contribution in [0.15, 0.2) is 69.6 Å². The molecular weight excluding hydrogens is 450 g/mol. The van der Waals surface area contributed by atoms with Crippen LogP contribution in [0.5, 0.6) is 0 Å². The van der Waals surface area contributed by atoms with Crippen molar-refractivity contribution in [2.45, 2.75) is 0 Å². The van der Waals surface area contributed by atoms with Crippen molar-refractivity contribution in [2.75, 3.05) is 5.32 Å². The van der Waals surface area contributed by atoms with Crippen LogP contribution in [0.1, 0.15) is 5.76 Å². The Morgan fingerprint density at radius 3 is 2.57 bits per heavy atom. The van der Waals surface area contributed by atoms with E-state index in [2.05, 4.69) is 26.6 Å². The molecule has 0 spiro atoms. The number of carbonyl (C=O) groups excluding carboxylic acids is 1. The summed E-state index contributed by atoms with van der Waals surface area (Å²) in [4.78, 5) is 12.0. The molecule has 3 aromatic rings. The lowest BCUT2D eigenvalue weighted by atomic mass is 10.2. The molecule has 0 bridgehead atoms. The predicted molar refractivity (Wildman–Crippen MR) is 112 cm³/mol. The van der Waals surface area contributed by atoms with Gasteiger partial charge in [0, 0.05) is 22.2 Å². The van der Waals surface area contributed by atoms with Crippen molar-refractivity contribution in [3.05, 3.63) is 82.5 Å². The van der Waals surface area contributed by atoms with Crippen molar-refractivity contribution in [3.8, 4) is 11.3 Å². The van der Waals surface area contributed by atoms with E-state index in [1.807, 2.05) is 30.3 Å². The van der Waals surface area contributed by atoms with Gasteiger partial charge >= 0.3 is 0 Å². The third-order valence-electron chi connectivity index (χ3n) is 3.57. The number of halogens is 3. The van der Waals surface area contributed by atoms with E-state index in [-0.39, 0.29) is 15.3 Å². The second-order valence-corrected chi connectivity index (χ2v) is 6.85. The van der Waals surface area contributed by atoms with E-state index in [1.165, 1.54) is 12.2 Å². The summed E-state index contributed by atoms with van der Waals surface area (Å²) in [7, 11) is 0. The van der Waals surface area contributed by atoms with E-state index < -0.39 is 17.5 Å². The van der Waals surface area contributed by atoms with Crippen molar-refractivity contribution in [3.63, 3.8) is 0 Å². The van der Waals surface area contributed by atoms with Gasteiger partial charge in [-0.05, 0) is 52.4 Å². The van der Waals surface area contributed by atoms with Crippen molar-refractivity contribution in [1.29, 1.82) is 0 Å². The van der Waals surface area contributed by atoms with E-state index in [9.17, 15) is 13.6 Å². The minimum atomic E-state index is -0.844. The van der Waals surface area contributed by atoms with Crippen LogP contribution in [0.25, 0.3) is 17.4 Å². The number of carbonyl (C=O) groups is 1. The SMILES string of the molecule is O=C(C=Cc1ccc(-c2ccccc2)o1)NC(=S)Nc1c(F)cc(F)cc1Br. The van der Waals surface area contributed by atoms with E-state index in [0.29, 0.717) is 17.6 Å². The molecule has 0 saturated heterocycles. The number of hydrogen-bond acceptors (Lipinski definition) is 3. The summed E-state index contributed by atoms with van der Waals surface area (Å²) in [6.07, 6.45) is 2.72. The number of rotatable bonds is 4. The van der Waals surface area contributed by atoms with Gasteiger partial charge in [0.15, 0.2) is 10.9 Å². The highest BCUT2D eigenvalue weighted by atomic mass is 79.9. The average molecular weight is 463 g/mol. The number of hydrogen-bond donors (Lipinski definition) is 2. The Morgan fingerprint density at radius 1 is 1.11 bits per heavy atom. The standard InChI is InChI=1S/C20H13BrF2N2O2S/c21-15-10-13(22)11-16(23)19(15)25-20(28)24-18(26)9-7-14-6-8-17(27-14)12-4-2-1-3-5-12/h1-11H,(H2,24,25,26,28). The number of amides is 1. The lowest BCUT2D eigenvalue weighted by Gasteiger charge is -2.11. The second-order valence-electron chi connectivity index (χ2n) is 5.59. The van der Waals surface area contributed by atoms with E-state index in [4.69, 9.17) is 16.6 Å². The molecule has 1 amide bonds. The van der Waals surface area contributed by atoms with Crippen LogP contribution in [0.4, 0.5) is 14.5 Å². The molecule has 2 N–H and O–H groups in total. The maximum atomic E-state index is 13.8. The molecule has 3 rings (SSSR count). The molecule has 1 heterocycles. The third kappa shape index (κ3) is 5.11. The molecule has 0 unspecified atom stereocenters. The van der Waals surface area contributed by atoms with Crippen molar-refractivity contribution >= 4 is 50.9 Å². The Bertz CT molecular complexity index is 1030. The molecule has 0 aliphatic rings. The first-order valence-corrected chi connectivity index (χ1v) is 9.22. The fraction of sp³-hybridized carbons (Fsp3) is 0. The first kappa shape index (κ1) is 19.9. The zero-order valence-corrected chi connectivity index (χ0v) is 16.6. The molecule has 0 aliphatic heterocycles. The number of benzene rings is 2. The van der Waals surface area contributed by atoms with Gasteiger partial charge in [-0.3, -0.25) is 10.1 Å². The Kier molecular flexibility index (Phi) is 6.33. The van der Waals surface area contributed by atoms with Crippen molar-refractivity contribution in [2.24, 2.45) is 0 Å². The first-order chi connectivity index (χ1) is 13.4. The predicted octanol–water partition coefficient (Wildman–Crippen LogP) is 5.51. The highest BCUT2D eigenvalue weighted by molar-refractivity contribution is 9.10. The normalized spacial score (nSPS) is 10.8. The number of furan rings is 1. The molecular formula is C20H13BrF2N2O2S. The van der Waals surface area contributed by atoms with Gasteiger partial charge in [0.05, 0.1) is 5.69 Å². The zero-order valence-electron chi connectivity index (χ0n) is 14.2. The zero-order chi connectivity index (χ0) is 20.1. The summed E-state index contributed by atoms with van der Waals surface area (Å²) < 4.78 is 32.7. The molecule has 4 nitrogen and oxygen atoms in total. The topological polar surface area (TPSA) is 54.3 Å². The highest BCUT2D eigenvalue weighted by Crippen LogP contribution is 2.26. The molecule has 0 radical (unpaired) electrons. The van der Waals surface area contributed by atoms with Crippen LogP contribution in [0.3, 0.4) is 0 Å². The summed E-state index contributed by atoms with van der Waals surface area (Å²) in [6, 6.07) is 14.8. The van der Waals surface area contributed by atoms with Crippen LogP contribution >= 0.6 is 28.1 Å². The van der Waals surface area contributed by atoms with Crippen LogP contribution in [-0.2, 0) is 4.79 Å². The molecule has 8 heteroatoms. The highest BCUT2D eigenvalue weighted by Gasteiger charge is 2.12. The molecule has 142 valence electrons. The minimum absolute atomic E-state index is 0.0748. The van der Waals surface area contributed by atoms with E-state index in [0.717, 1.165) is 11.6 Å². The summed E-state index contributed by atoms with van der Waals surface area (Å²) >= 11 is 8.02. The van der Waals surface area contributed by atoms with Gasteiger partial charge in [0.25, 0.3) is 0 Å². The van der Waals surface area contributed by atoms with E-state index in [1.54, 1.807) is 12.1 Å². The minimum Gasteiger partial charge on any atom is -0.457 e. The molecule has 0 saturated carbocycles. The molecule has 0 fully saturated rings. The lowest BCUT2D eigenvalue weighted by Crippen LogP contribution is -2.33. The Hall–Kier alpha value is -2.84. The second kappa shape index (κ2) is 8.90. The van der Waals surface area contributed by atoms with Crippen molar-refractivity contribution in [1.82, 2.24) is 5.32 Å². The Labute approximate surface area is 173 Å². The smallest absolute Gasteiger partial charge is 0.250 e. The van der Waals surface area contributed by atoms with Gasteiger partial charge < -0.3 is 9.73 Å². The van der Waals surface area contributed by atoms with Gasteiger partial charge in [0.2, 0.25) is 5.91 Å². The van der Waals surface area contributed by atoms with Gasteiger partial charge in [0.1, 0.15) is 17.3 Å². The van der Waals surface area contributed by atoms with Crippen LogP contribution in [0, 0.1) is 11.6 Å². The first-order valence-electron chi connectivity index (χ1n) is 8.02. The summed E-state index contributed by atoms with van der Waals surface area (Å²) in [5, 5.41) is 4.76. The molecule has 1 aromatic heterocycles. The Morgan fingerprint density at radius 2 is 1.86 bits per heavy atom. The van der Waals surface area contributed by atoms with Gasteiger partial charge in [-0.1, -0.05) is 30.3 Å². The quantitative estimate of drug-likeness (QED) is 0.396. The summed E-state index contributed by atoms with van der Waals surface area (Å²) in [5.41, 5.74) is 0.845. The van der Waals surface area contributed by atoms with Crippen LogP contribution in [-0.4, -0.2) is 11.0 Å². The maximum Gasteiger partial charge on any atom is 0.250 e. The largest absolute Gasteiger partial charge is 0.457 e. The molecule has 0 atom stereocenters. The number of anilines is 1. The lowest BCUT2D eigenvalue weighted by molar-refractivity contribution is -0.115. The average Bonchev–Trinajstić information content (AvgIpc) is 3.13. The fourth-order valence-corrected chi connectivity index (χ4v) is 3.03. The summed E-state index contributed by atoms with van der Waals surface area (Å²) in [6.45, 7) is 0.